The first kappa shape index (κ1) is 15.3. The Morgan fingerprint density at radius 3 is 2.70 bits per heavy atom. The highest BCUT2D eigenvalue weighted by atomic mass is 19.3. The van der Waals surface area contributed by atoms with Gasteiger partial charge in [-0.25, -0.2) is 4.39 Å². The summed E-state index contributed by atoms with van der Waals surface area (Å²) in [6.07, 6.45) is 0.283. The van der Waals surface area contributed by atoms with Crippen molar-refractivity contribution in [2.75, 3.05) is 6.67 Å². The molecule has 5 nitrogen and oxygen atoms in total. The molecule has 0 radical (unpaired) electrons. The molecule has 1 aromatic heterocycles. The Hall–Kier alpha value is -2.64. The van der Waals surface area contributed by atoms with E-state index in [-0.39, 0.29) is 17.7 Å². The van der Waals surface area contributed by atoms with Crippen molar-refractivity contribution < 1.29 is 17.6 Å². The summed E-state index contributed by atoms with van der Waals surface area (Å²) in [5.41, 5.74) is 0.915. The van der Waals surface area contributed by atoms with Crippen molar-refractivity contribution in [2.45, 2.75) is 19.4 Å². The maximum Gasteiger partial charge on any atom is 0.314 e. The van der Waals surface area contributed by atoms with Crippen LogP contribution in [-0.4, -0.2) is 28.0 Å². The summed E-state index contributed by atoms with van der Waals surface area (Å²) >= 11 is 0. The standard InChI is InChI=1S/C15H13F3N4O/c1-9(11-4-2-3-5-12(11)16)22-7-10(6-19-8-22)14-20-21-15(23-14)13(17)18/h2-7,9,13H,8H2,1H3. The van der Waals surface area contributed by atoms with E-state index in [9.17, 15) is 13.2 Å². The number of rotatable bonds is 4. The van der Waals surface area contributed by atoms with Crippen LogP contribution in [0, 0.1) is 5.82 Å². The van der Waals surface area contributed by atoms with Crippen molar-refractivity contribution in [3.05, 3.63) is 53.6 Å². The molecule has 1 atom stereocenters. The number of aromatic nitrogens is 2. The zero-order chi connectivity index (χ0) is 16.4. The van der Waals surface area contributed by atoms with Gasteiger partial charge in [-0.3, -0.25) is 4.99 Å². The minimum atomic E-state index is -2.83. The van der Waals surface area contributed by atoms with Gasteiger partial charge in [0.15, 0.2) is 0 Å². The monoisotopic (exact) mass is 322 g/mol. The molecule has 1 aliphatic heterocycles. The number of nitrogens with zero attached hydrogens (tertiary/aromatic N) is 4. The molecule has 1 aromatic carbocycles. The second-order valence-corrected chi connectivity index (χ2v) is 5.00. The predicted molar refractivity (Wildman–Crippen MR) is 77.2 cm³/mol. The molecule has 2 aromatic rings. The van der Waals surface area contributed by atoms with Gasteiger partial charge in [-0.1, -0.05) is 18.2 Å². The van der Waals surface area contributed by atoms with E-state index in [1.54, 1.807) is 29.3 Å². The third-order valence-corrected chi connectivity index (χ3v) is 3.51. The largest absolute Gasteiger partial charge is 0.415 e. The summed E-state index contributed by atoms with van der Waals surface area (Å²) in [6, 6.07) is 6.15. The van der Waals surface area contributed by atoms with Crippen LogP contribution in [0.5, 0.6) is 0 Å². The third kappa shape index (κ3) is 3.10. The summed E-state index contributed by atoms with van der Waals surface area (Å²) in [7, 11) is 0. The lowest BCUT2D eigenvalue weighted by atomic mass is 10.1. The van der Waals surface area contributed by atoms with Gasteiger partial charge in [0.1, 0.15) is 12.5 Å². The number of alkyl halides is 2. The average Bonchev–Trinajstić information content (AvgIpc) is 3.05. The molecule has 2 heterocycles. The first-order chi connectivity index (χ1) is 11.1. The van der Waals surface area contributed by atoms with Crippen LogP contribution in [0.1, 0.15) is 36.7 Å². The highest BCUT2D eigenvalue weighted by Gasteiger charge is 2.22. The van der Waals surface area contributed by atoms with E-state index in [1.807, 2.05) is 6.92 Å². The summed E-state index contributed by atoms with van der Waals surface area (Å²) in [5, 5.41) is 6.87. The topological polar surface area (TPSA) is 54.5 Å². The zero-order valence-electron chi connectivity index (χ0n) is 12.2. The molecular weight excluding hydrogens is 309 g/mol. The van der Waals surface area contributed by atoms with Gasteiger partial charge >= 0.3 is 6.43 Å². The molecule has 1 unspecified atom stereocenters. The van der Waals surface area contributed by atoms with E-state index >= 15 is 0 Å². The van der Waals surface area contributed by atoms with Gasteiger partial charge in [-0.15, -0.1) is 10.2 Å². The SMILES string of the molecule is CC(c1ccccc1F)N1C=C(c2nnc(C(F)F)o2)C=NC1. The lowest BCUT2D eigenvalue weighted by Gasteiger charge is -2.29. The molecule has 0 spiro atoms. The average molecular weight is 322 g/mol. The summed E-state index contributed by atoms with van der Waals surface area (Å²) in [5.74, 6) is -1.11. The fourth-order valence-corrected chi connectivity index (χ4v) is 2.26. The van der Waals surface area contributed by atoms with Crippen LogP contribution in [0.25, 0.3) is 5.57 Å². The molecule has 0 aliphatic carbocycles. The van der Waals surface area contributed by atoms with Crippen LogP contribution in [0.3, 0.4) is 0 Å². The lowest BCUT2D eigenvalue weighted by Crippen LogP contribution is -2.25. The van der Waals surface area contributed by atoms with Crippen molar-refractivity contribution >= 4 is 11.8 Å². The Labute approximate surface area is 130 Å². The maximum absolute atomic E-state index is 13.9. The number of benzene rings is 1. The van der Waals surface area contributed by atoms with Crippen molar-refractivity contribution in [3.8, 4) is 0 Å². The van der Waals surface area contributed by atoms with Crippen LogP contribution in [-0.2, 0) is 0 Å². The fraction of sp³-hybridized carbons (Fsp3) is 0.267. The van der Waals surface area contributed by atoms with E-state index in [1.165, 1.54) is 12.3 Å². The molecule has 0 saturated carbocycles. The van der Waals surface area contributed by atoms with E-state index in [4.69, 9.17) is 4.42 Å². The van der Waals surface area contributed by atoms with Crippen molar-refractivity contribution in [2.24, 2.45) is 4.99 Å². The van der Waals surface area contributed by atoms with Gasteiger partial charge < -0.3 is 9.32 Å². The highest BCUT2D eigenvalue weighted by Crippen LogP contribution is 2.27. The summed E-state index contributed by atoms with van der Waals surface area (Å²) in [4.78, 5) is 5.91. The molecule has 3 rings (SSSR count). The second kappa shape index (κ2) is 6.23. The quantitative estimate of drug-likeness (QED) is 0.863. The van der Waals surface area contributed by atoms with Gasteiger partial charge in [0.25, 0.3) is 11.8 Å². The highest BCUT2D eigenvalue weighted by molar-refractivity contribution is 6.08. The van der Waals surface area contributed by atoms with Crippen molar-refractivity contribution in [1.82, 2.24) is 15.1 Å². The molecule has 1 aliphatic rings. The van der Waals surface area contributed by atoms with E-state index < -0.39 is 12.3 Å². The minimum absolute atomic E-state index is 0.0468. The van der Waals surface area contributed by atoms with E-state index in [2.05, 4.69) is 15.2 Å². The number of hydrogen-bond acceptors (Lipinski definition) is 5. The van der Waals surface area contributed by atoms with Gasteiger partial charge in [0.2, 0.25) is 0 Å². The Balaban J connectivity index is 1.86. The Morgan fingerprint density at radius 2 is 2.00 bits per heavy atom. The summed E-state index contributed by atoms with van der Waals surface area (Å²) < 4.78 is 43.8. The Kier molecular flexibility index (Phi) is 4.14. The maximum atomic E-state index is 13.9. The smallest absolute Gasteiger partial charge is 0.314 e. The number of aliphatic imine (C=N–C) groups is 1. The molecule has 0 fully saturated rings. The van der Waals surface area contributed by atoms with Crippen LogP contribution in [0.4, 0.5) is 13.2 Å². The molecule has 0 saturated heterocycles. The molecule has 8 heteroatoms. The van der Waals surface area contributed by atoms with Crippen LogP contribution in [0.2, 0.25) is 0 Å². The van der Waals surface area contributed by atoms with Gasteiger partial charge in [0.05, 0.1) is 11.6 Å². The second-order valence-electron chi connectivity index (χ2n) is 5.00. The molecule has 120 valence electrons. The molecule has 0 bridgehead atoms. The first-order valence-corrected chi connectivity index (χ1v) is 6.90. The van der Waals surface area contributed by atoms with Crippen molar-refractivity contribution in [1.29, 1.82) is 0 Å². The van der Waals surface area contributed by atoms with Gasteiger partial charge in [-0.2, -0.15) is 8.78 Å². The first-order valence-electron chi connectivity index (χ1n) is 6.90. The lowest BCUT2D eigenvalue weighted by molar-refractivity contribution is 0.114. The molecular formula is C15H13F3N4O. The molecule has 0 amide bonds. The zero-order valence-corrected chi connectivity index (χ0v) is 12.2. The van der Waals surface area contributed by atoms with Gasteiger partial charge in [0, 0.05) is 18.0 Å². The van der Waals surface area contributed by atoms with E-state index in [0.717, 1.165) is 0 Å². The normalized spacial score (nSPS) is 15.9. The number of allylic oxidation sites excluding steroid dienone is 1. The number of hydrogen-bond donors (Lipinski definition) is 0. The van der Waals surface area contributed by atoms with Crippen LogP contribution < -0.4 is 0 Å². The molecule has 23 heavy (non-hydrogen) atoms. The Bertz CT molecular complexity index is 757. The summed E-state index contributed by atoms with van der Waals surface area (Å²) in [6.45, 7) is 2.14. The fourth-order valence-electron chi connectivity index (χ4n) is 2.26. The third-order valence-electron chi connectivity index (χ3n) is 3.51. The van der Waals surface area contributed by atoms with Crippen LogP contribution >= 0.6 is 0 Å². The van der Waals surface area contributed by atoms with Gasteiger partial charge in [-0.05, 0) is 13.0 Å². The van der Waals surface area contributed by atoms with Crippen LogP contribution in [0.15, 0.2) is 39.9 Å². The Morgan fingerprint density at radius 1 is 1.22 bits per heavy atom. The predicted octanol–water partition coefficient (Wildman–Crippen LogP) is 3.59. The molecule has 0 N–H and O–H groups in total. The van der Waals surface area contributed by atoms with E-state index in [0.29, 0.717) is 17.8 Å². The minimum Gasteiger partial charge on any atom is -0.415 e. The number of halogens is 3. The van der Waals surface area contributed by atoms with Crippen molar-refractivity contribution in [3.63, 3.8) is 0 Å².